The SMILES string of the molecule is CCN(c1cccc(C)c1)c1ncnc(NCc2ccccc2)c1[N+](=O)[O-]. The van der Waals surface area contributed by atoms with Crippen LogP contribution in [0.5, 0.6) is 0 Å². The molecular weight excluding hydrogens is 342 g/mol. The molecule has 0 radical (unpaired) electrons. The average molecular weight is 363 g/mol. The fourth-order valence-electron chi connectivity index (χ4n) is 2.90. The highest BCUT2D eigenvalue weighted by atomic mass is 16.6. The van der Waals surface area contributed by atoms with Crippen molar-refractivity contribution in [3.8, 4) is 0 Å². The van der Waals surface area contributed by atoms with Crippen LogP contribution in [0.4, 0.5) is 23.0 Å². The summed E-state index contributed by atoms with van der Waals surface area (Å²) in [5.74, 6) is 0.485. The molecule has 0 unspecified atom stereocenters. The van der Waals surface area contributed by atoms with Crippen LogP contribution in [0, 0.1) is 17.0 Å². The summed E-state index contributed by atoms with van der Waals surface area (Å²) in [7, 11) is 0. The topological polar surface area (TPSA) is 84.2 Å². The second-order valence-electron chi connectivity index (χ2n) is 6.07. The van der Waals surface area contributed by atoms with Crippen molar-refractivity contribution in [2.75, 3.05) is 16.8 Å². The molecular formula is C20H21N5O2. The number of aromatic nitrogens is 2. The fraction of sp³-hybridized carbons (Fsp3) is 0.200. The number of benzene rings is 2. The maximum absolute atomic E-state index is 11.8. The Hall–Kier alpha value is -3.48. The van der Waals surface area contributed by atoms with Crippen molar-refractivity contribution in [3.63, 3.8) is 0 Å². The van der Waals surface area contributed by atoms with E-state index < -0.39 is 4.92 Å². The summed E-state index contributed by atoms with van der Waals surface area (Å²) < 4.78 is 0. The van der Waals surface area contributed by atoms with Crippen LogP contribution in [-0.4, -0.2) is 21.4 Å². The smallest absolute Gasteiger partial charge is 0.353 e. The Labute approximate surface area is 157 Å². The molecule has 0 spiro atoms. The van der Waals surface area contributed by atoms with Crippen LogP contribution in [0.3, 0.4) is 0 Å². The van der Waals surface area contributed by atoms with Crippen LogP contribution in [0.2, 0.25) is 0 Å². The van der Waals surface area contributed by atoms with Crippen molar-refractivity contribution in [1.29, 1.82) is 0 Å². The van der Waals surface area contributed by atoms with E-state index in [1.54, 1.807) is 0 Å². The van der Waals surface area contributed by atoms with Crippen LogP contribution in [0.1, 0.15) is 18.1 Å². The van der Waals surface area contributed by atoms with Crippen LogP contribution < -0.4 is 10.2 Å². The lowest BCUT2D eigenvalue weighted by Gasteiger charge is -2.22. The molecule has 0 aliphatic carbocycles. The van der Waals surface area contributed by atoms with E-state index in [0.717, 1.165) is 16.8 Å². The summed E-state index contributed by atoms with van der Waals surface area (Å²) >= 11 is 0. The first kappa shape index (κ1) is 18.3. The van der Waals surface area contributed by atoms with Crippen LogP contribution >= 0.6 is 0 Å². The van der Waals surface area contributed by atoms with E-state index in [0.29, 0.717) is 13.1 Å². The van der Waals surface area contributed by atoms with Gasteiger partial charge in [-0.15, -0.1) is 0 Å². The van der Waals surface area contributed by atoms with Crippen molar-refractivity contribution in [1.82, 2.24) is 9.97 Å². The Balaban J connectivity index is 1.98. The van der Waals surface area contributed by atoms with Gasteiger partial charge < -0.3 is 10.2 Å². The lowest BCUT2D eigenvalue weighted by Crippen LogP contribution is -2.20. The number of anilines is 3. The highest BCUT2D eigenvalue weighted by Crippen LogP contribution is 2.36. The molecule has 138 valence electrons. The predicted octanol–water partition coefficient (Wildman–Crippen LogP) is 4.46. The van der Waals surface area contributed by atoms with Gasteiger partial charge in [0.25, 0.3) is 0 Å². The molecule has 7 heteroatoms. The minimum atomic E-state index is -0.429. The van der Waals surface area contributed by atoms with Gasteiger partial charge in [0.15, 0.2) is 0 Å². The molecule has 0 fully saturated rings. The maximum atomic E-state index is 11.8. The molecule has 1 aromatic heterocycles. The number of hydrogen-bond donors (Lipinski definition) is 1. The quantitative estimate of drug-likeness (QED) is 0.493. The molecule has 0 bridgehead atoms. The van der Waals surface area contributed by atoms with E-state index in [9.17, 15) is 10.1 Å². The standard InChI is InChI=1S/C20H21N5O2/c1-3-24(17-11-7-8-15(2)12-17)20-18(25(26)27)19(22-14-23-20)21-13-16-9-5-4-6-10-16/h4-12,14H,3,13H2,1-2H3,(H,21,22,23). The number of rotatable bonds is 7. The van der Waals surface area contributed by atoms with Gasteiger partial charge in [0.05, 0.1) is 4.92 Å². The van der Waals surface area contributed by atoms with Gasteiger partial charge >= 0.3 is 5.69 Å². The molecule has 0 saturated carbocycles. The third kappa shape index (κ3) is 4.20. The Bertz CT molecular complexity index is 931. The van der Waals surface area contributed by atoms with Gasteiger partial charge in [0.2, 0.25) is 11.6 Å². The number of nitro groups is 1. The second-order valence-corrected chi connectivity index (χ2v) is 6.07. The molecule has 1 heterocycles. The molecule has 7 nitrogen and oxygen atoms in total. The largest absolute Gasteiger partial charge is 0.360 e. The van der Waals surface area contributed by atoms with Crippen molar-refractivity contribution >= 4 is 23.0 Å². The number of nitrogens with zero attached hydrogens (tertiary/aromatic N) is 4. The van der Waals surface area contributed by atoms with E-state index >= 15 is 0 Å². The number of hydrogen-bond acceptors (Lipinski definition) is 6. The first-order valence-corrected chi connectivity index (χ1v) is 8.71. The van der Waals surface area contributed by atoms with Gasteiger partial charge in [0.1, 0.15) is 6.33 Å². The van der Waals surface area contributed by atoms with Crippen molar-refractivity contribution in [2.45, 2.75) is 20.4 Å². The first-order valence-electron chi connectivity index (χ1n) is 8.71. The molecule has 0 amide bonds. The van der Waals surface area contributed by atoms with Gasteiger partial charge in [-0.2, -0.15) is 0 Å². The molecule has 1 N–H and O–H groups in total. The van der Waals surface area contributed by atoms with Crippen LogP contribution in [-0.2, 0) is 6.54 Å². The van der Waals surface area contributed by atoms with E-state index in [4.69, 9.17) is 0 Å². The summed E-state index contributed by atoms with van der Waals surface area (Å²) in [6.07, 6.45) is 1.36. The van der Waals surface area contributed by atoms with Crippen molar-refractivity contribution in [2.24, 2.45) is 0 Å². The molecule has 2 aromatic carbocycles. The van der Waals surface area contributed by atoms with Gasteiger partial charge in [-0.05, 0) is 37.1 Å². The lowest BCUT2D eigenvalue weighted by atomic mass is 10.2. The van der Waals surface area contributed by atoms with Crippen LogP contribution in [0.15, 0.2) is 60.9 Å². The minimum absolute atomic E-state index is 0.128. The zero-order valence-corrected chi connectivity index (χ0v) is 15.3. The highest BCUT2D eigenvalue weighted by Gasteiger charge is 2.27. The van der Waals surface area contributed by atoms with Crippen LogP contribution in [0.25, 0.3) is 0 Å². The summed E-state index contributed by atoms with van der Waals surface area (Å²) in [4.78, 5) is 21.6. The Kier molecular flexibility index (Phi) is 5.61. The first-order chi connectivity index (χ1) is 13.1. The highest BCUT2D eigenvalue weighted by molar-refractivity contribution is 5.75. The Morgan fingerprint density at radius 2 is 1.89 bits per heavy atom. The summed E-state index contributed by atoms with van der Waals surface area (Å²) in [5, 5.41) is 14.9. The summed E-state index contributed by atoms with van der Waals surface area (Å²) in [6.45, 7) is 4.90. The molecule has 0 saturated heterocycles. The number of aryl methyl sites for hydroxylation is 1. The maximum Gasteiger partial charge on any atom is 0.353 e. The summed E-state index contributed by atoms with van der Waals surface area (Å²) in [5.41, 5.74) is 2.81. The molecule has 0 aliphatic rings. The fourth-order valence-corrected chi connectivity index (χ4v) is 2.90. The summed E-state index contributed by atoms with van der Waals surface area (Å²) in [6, 6.07) is 17.5. The molecule has 0 aliphatic heterocycles. The predicted molar refractivity (Wildman–Crippen MR) is 106 cm³/mol. The van der Waals surface area contributed by atoms with Gasteiger partial charge in [-0.3, -0.25) is 10.1 Å². The van der Waals surface area contributed by atoms with Crippen molar-refractivity contribution in [3.05, 3.63) is 82.2 Å². The van der Waals surface area contributed by atoms with E-state index in [-0.39, 0.29) is 17.3 Å². The minimum Gasteiger partial charge on any atom is -0.360 e. The van der Waals surface area contributed by atoms with Gasteiger partial charge in [-0.1, -0.05) is 42.5 Å². The van der Waals surface area contributed by atoms with E-state index in [1.807, 2.05) is 73.3 Å². The zero-order valence-electron chi connectivity index (χ0n) is 15.3. The van der Waals surface area contributed by atoms with E-state index in [2.05, 4.69) is 15.3 Å². The van der Waals surface area contributed by atoms with E-state index in [1.165, 1.54) is 6.33 Å². The van der Waals surface area contributed by atoms with Crippen molar-refractivity contribution < 1.29 is 4.92 Å². The normalized spacial score (nSPS) is 10.4. The molecule has 0 atom stereocenters. The number of nitrogens with one attached hydrogen (secondary N) is 1. The Morgan fingerprint density at radius 1 is 1.11 bits per heavy atom. The third-order valence-electron chi connectivity index (χ3n) is 4.17. The molecule has 3 rings (SSSR count). The molecule has 27 heavy (non-hydrogen) atoms. The van der Waals surface area contributed by atoms with Gasteiger partial charge in [0, 0.05) is 18.8 Å². The third-order valence-corrected chi connectivity index (χ3v) is 4.17. The second kappa shape index (κ2) is 8.27. The molecule has 3 aromatic rings. The zero-order chi connectivity index (χ0) is 19.2. The average Bonchev–Trinajstić information content (AvgIpc) is 2.68. The van der Waals surface area contributed by atoms with Gasteiger partial charge in [-0.25, -0.2) is 9.97 Å². The Morgan fingerprint density at radius 3 is 2.56 bits per heavy atom. The monoisotopic (exact) mass is 363 g/mol. The lowest BCUT2D eigenvalue weighted by molar-refractivity contribution is -0.383.